The molecule has 1 aliphatic carbocycles. The lowest BCUT2D eigenvalue weighted by Crippen LogP contribution is -2.54. The van der Waals surface area contributed by atoms with Gasteiger partial charge in [0.2, 0.25) is 0 Å². The molecule has 0 radical (unpaired) electrons. The largest absolute Gasteiger partial charge is 0.480 e. The second-order valence-corrected chi connectivity index (χ2v) is 7.71. The number of carboxylic acid groups (broad SMARTS) is 1. The van der Waals surface area contributed by atoms with E-state index in [4.69, 9.17) is 5.11 Å². The Kier molecular flexibility index (Phi) is 5.89. The van der Waals surface area contributed by atoms with Crippen molar-refractivity contribution in [3.8, 4) is 5.69 Å². The molecule has 2 N–H and O–H groups in total. The third-order valence-corrected chi connectivity index (χ3v) is 5.64. The normalized spacial score (nSPS) is 18.8. The highest BCUT2D eigenvalue weighted by Crippen LogP contribution is 2.27. The zero-order valence-electron chi connectivity index (χ0n) is 17.0. The first-order valence-electron chi connectivity index (χ1n) is 9.82. The summed E-state index contributed by atoms with van der Waals surface area (Å²) in [5.41, 5.74) is 4.89. The van der Waals surface area contributed by atoms with Crippen LogP contribution in [0.15, 0.2) is 30.3 Å². The smallest absolute Gasteiger partial charge is 0.317 e. The molecule has 0 aliphatic heterocycles. The van der Waals surface area contributed by atoms with E-state index in [9.17, 15) is 9.59 Å². The van der Waals surface area contributed by atoms with Crippen molar-refractivity contribution in [1.82, 2.24) is 14.8 Å². The fourth-order valence-electron chi connectivity index (χ4n) is 4.10. The molecule has 1 heterocycles. The predicted molar refractivity (Wildman–Crippen MR) is 109 cm³/mol. The molecule has 1 saturated carbocycles. The first kappa shape index (κ1) is 20.1. The van der Waals surface area contributed by atoms with Gasteiger partial charge in [-0.15, -0.1) is 0 Å². The van der Waals surface area contributed by atoms with Gasteiger partial charge in [-0.05, 0) is 63.9 Å². The Morgan fingerprint density at radius 1 is 1.21 bits per heavy atom. The number of likely N-dealkylation sites (N-methyl/N-ethyl adjacent to an activating group) is 1. The number of nitrogens with zero attached hydrogens (tertiary/aromatic N) is 2. The summed E-state index contributed by atoms with van der Waals surface area (Å²) < 4.78 is 2.11. The number of hydrogen-bond donors (Lipinski definition) is 2. The van der Waals surface area contributed by atoms with Crippen LogP contribution in [0, 0.1) is 20.8 Å². The third-order valence-electron chi connectivity index (χ3n) is 5.64. The molecule has 0 saturated heterocycles. The van der Waals surface area contributed by atoms with Crippen LogP contribution in [0.2, 0.25) is 0 Å². The first-order chi connectivity index (χ1) is 13.3. The molecule has 3 rings (SSSR count). The molecule has 0 bridgehead atoms. The molecule has 1 aromatic heterocycles. The van der Waals surface area contributed by atoms with Gasteiger partial charge in [-0.3, -0.25) is 14.5 Å². The summed E-state index contributed by atoms with van der Waals surface area (Å²) >= 11 is 0. The number of carboxylic acids is 1. The van der Waals surface area contributed by atoms with Crippen molar-refractivity contribution < 1.29 is 14.7 Å². The molecule has 1 aliphatic rings. The van der Waals surface area contributed by atoms with E-state index in [1.165, 1.54) is 5.56 Å². The minimum absolute atomic E-state index is 0.0550. The van der Waals surface area contributed by atoms with Gasteiger partial charge >= 0.3 is 5.97 Å². The zero-order valence-corrected chi connectivity index (χ0v) is 17.0. The van der Waals surface area contributed by atoms with Crippen molar-refractivity contribution in [2.45, 2.75) is 52.6 Å². The van der Waals surface area contributed by atoms with E-state index >= 15 is 0 Å². The topological polar surface area (TPSA) is 74.6 Å². The van der Waals surface area contributed by atoms with Crippen LogP contribution in [0.5, 0.6) is 0 Å². The van der Waals surface area contributed by atoms with Gasteiger partial charge < -0.3 is 15.0 Å². The minimum Gasteiger partial charge on any atom is -0.480 e. The molecular weight excluding hydrogens is 354 g/mol. The van der Waals surface area contributed by atoms with E-state index < -0.39 is 5.97 Å². The van der Waals surface area contributed by atoms with Crippen LogP contribution in [-0.2, 0) is 4.79 Å². The summed E-state index contributed by atoms with van der Waals surface area (Å²) in [5.74, 6) is -0.866. The average molecular weight is 383 g/mol. The van der Waals surface area contributed by atoms with Gasteiger partial charge in [-0.2, -0.15) is 0 Å². The third kappa shape index (κ3) is 4.12. The maximum absolute atomic E-state index is 12.8. The Morgan fingerprint density at radius 3 is 2.54 bits per heavy atom. The number of benzene rings is 1. The monoisotopic (exact) mass is 383 g/mol. The lowest BCUT2D eigenvalue weighted by molar-refractivity contribution is -0.139. The molecular formula is C22H29N3O3. The number of amides is 1. The van der Waals surface area contributed by atoms with Gasteiger partial charge in [0.25, 0.3) is 5.91 Å². The molecule has 0 atom stereocenters. The van der Waals surface area contributed by atoms with Gasteiger partial charge in [0, 0.05) is 29.2 Å². The van der Waals surface area contributed by atoms with Crippen LogP contribution in [0.25, 0.3) is 5.69 Å². The summed E-state index contributed by atoms with van der Waals surface area (Å²) in [6.07, 6.45) is 1.59. The number of aromatic nitrogens is 1. The molecule has 1 fully saturated rings. The zero-order chi connectivity index (χ0) is 20.4. The molecule has 6 nitrogen and oxygen atoms in total. The fraction of sp³-hybridized carbons (Fsp3) is 0.455. The van der Waals surface area contributed by atoms with Crippen molar-refractivity contribution in [3.05, 3.63) is 52.8 Å². The van der Waals surface area contributed by atoms with Gasteiger partial charge in [-0.25, -0.2) is 0 Å². The number of aliphatic carboxylic acids is 1. The standard InChI is InChI=1S/C22H29N3O3/c1-5-24(13-21(26)27)19-11-17(12-19)23-22(28)20-10-15(3)25(16(20)4)18-8-6-7-14(2)9-18/h6-10,17,19H,5,11-13H2,1-4H3,(H,23,28)(H,26,27). The van der Waals surface area contributed by atoms with Gasteiger partial charge in [0.1, 0.15) is 0 Å². The summed E-state index contributed by atoms with van der Waals surface area (Å²) in [7, 11) is 0. The quantitative estimate of drug-likeness (QED) is 0.771. The van der Waals surface area contributed by atoms with E-state index in [1.54, 1.807) is 0 Å². The van der Waals surface area contributed by atoms with Crippen LogP contribution in [0.1, 0.15) is 47.1 Å². The highest BCUT2D eigenvalue weighted by atomic mass is 16.4. The van der Waals surface area contributed by atoms with Crippen molar-refractivity contribution in [2.75, 3.05) is 13.1 Å². The van der Waals surface area contributed by atoms with Gasteiger partial charge in [-0.1, -0.05) is 19.1 Å². The molecule has 0 spiro atoms. The number of aryl methyl sites for hydroxylation is 2. The summed E-state index contributed by atoms with van der Waals surface area (Å²) in [6.45, 7) is 8.77. The Balaban J connectivity index is 1.67. The van der Waals surface area contributed by atoms with Crippen molar-refractivity contribution in [3.63, 3.8) is 0 Å². The van der Waals surface area contributed by atoms with Crippen molar-refractivity contribution in [1.29, 1.82) is 0 Å². The average Bonchev–Trinajstić information content (AvgIpc) is 2.90. The number of rotatable bonds is 7. The molecule has 2 aromatic rings. The number of hydrogen-bond acceptors (Lipinski definition) is 3. The van der Waals surface area contributed by atoms with Gasteiger partial charge in [0.15, 0.2) is 0 Å². The predicted octanol–water partition coefficient (Wildman–Crippen LogP) is 3.07. The molecule has 0 unspecified atom stereocenters. The van der Waals surface area contributed by atoms with Crippen LogP contribution in [0.4, 0.5) is 0 Å². The van der Waals surface area contributed by atoms with Crippen LogP contribution in [-0.4, -0.2) is 51.6 Å². The van der Waals surface area contributed by atoms with Crippen LogP contribution < -0.4 is 5.32 Å². The van der Waals surface area contributed by atoms with Gasteiger partial charge in [0.05, 0.1) is 12.1 Å². The van der Waals surface area contributed by atoms with E-state index in [-0.39, 0.29) is 24.5 Å². The number of nitrogens with one attached hydrogen (secondary N) is 1. The SMILES string of the molecule is CCN(CC(=O)O)C1CC(NC(=O)c2cc(C)n(-c3cccc(C)c3)c2C)C1. The number of carbonyl (C=O) groups is 2. The van der Waals surface area contributed by atoms with Crippen LogP contribution >= 0.6 is 0 Å². The van der Waals surface area contributed by atoms with Crippen LogP contribution in [0.3, 0.4) is 0 Å². The molecule has 1 amide bonds. The molecule has 6 heteroatoms. The summed E-state index contributed by atoms with van der Waals surface area (Å²) in [6, 6.07) is 10.5. The Labute approximate surface area is 166 Å². The van der Waals surface area contributed by atoms with E-state index in [1.807, 2.05) is 43.9 Å². The van der Waals surface area contributed by atoms with E-state index in [2.05, 4.69) is 28.9 Å². The molecule has 150 valence electrons. The van der Waals surface area contributed by atoms with Crippen molar-refractivity contribution in [2.24, 2.45) is 0 Å². The molecule has 1 aromatic carbocycles. The van der Waals surface area contributed by atoms with Crippen molar-refractivity contribution >= 4 is 11.9 Å². The minimum atomic E-state index is -0.807. The van der Waals surface area contributed by atoms with E-state index in [0.717, 1.165) is 29.9 Å². The highest BCUT2D eigenvalue weighted by molar-refractivity contribution is 5.96. The Hall–Kier alpha value is -2.60. The fourth-order valence-corrected chi connectivity index (χ4v) is 4.10. The lowest BCUT2D eigenvalue weighted by atomic mass is 9.85. The first-order valence-corrected chi connectivity index (χ1v) is 9.82. The maximum Gasteiger partial charge on any atom is 0.317 e. The summed E-state index contributed by atoms with van der Waals surface area (Å²) in [5, 5.41) is 12.1. The highest BCUT2D eigenvalue weighted by Gasteiger charge is 2.35. The maximum atomic E-state index is 12.8. The van der Waals surface area contributed by atoms with E-state index in [0.29, 0.717) is 12.1 Å². The lowest BCUT2D eigenvalue weighted by Gasteiger charge is -2.42. The second-order valence-electron chi connectivity index (χ2n) is 7.71. The second kappa shape index (κ2) is 8.19. The Bertz CT molecular complexity index is 881. The number of carbonyl (C=O) groups excluding carboxylic acids is 1. The Morgan fingerprint density at radius 2 is 1.93 bits per heavy atom. The molecule has 28 heavy (non-hydrogen) atoms. The summed E-state index contributed by atoms with van der Waals surface area (Å²) in [4.78, 5) is 25.7.